The first-order valence-corrected chi connectivity index (χ1v) is 15.4. The zero-order valence-corrected chi connectivity index (χ0v) is 26.4. The van der Waals surface area contributed by atoms with E-state index < -0.39 is 17.2 Å². The van der Waals surface area contributed by atoms with Crippen LogP contribution in [-0.2, 0) is 19.9 Å². The van der Waals surface area contributed by atoms with Crippen molar-refractivity contribution in [3.63, 3.8) is 0 Å². The van der Waals surface area contributed by atoms with Crippen LogP contribution in [0.2, 0.25) is 0 Å². The molecule has 5 rings (SSSR count). The summed E-state index contributed by atoms with van der Waals surface area (Å²) in [5.41, 5.74) is 7.61. The highest BCUT2D eigenvalue weighted by atomic mass is 16.6. The molecule has 2 aromatic carbocycles. The summed E-state index contributed by atoms with van der Waals surface area (Å²) >= 11 is 0. The molecule has 11 nitrogen and oxygen atoms in total. The van der Waals surface area contributed by atoms with Gasteiger partial charge in [-0.25, -0.2) is 4.79 Å². The van der Waals surface area contributed by atoms with E-state index in [1.807, 2.05) is 52.0 Å². The maximum absolute atomic E-state index is 13.3. The van der Waals surface area contributed by atoms with Crippen molar-refractivity contribution in [2.24, 2.45) is 5.73 Å². The Morgan fingerprint density at radius 3 is 2.36 bits per heavy atom. The lowest BCUT2D eigenvalue weighted by atomic mass is 9.90. The highest BCUT2D eigenvalue weighted by Crippen LogP contribution is 2.35. The molecule has 1 atom stereocenters. The van der Waals surface area contributed by atoms with E-state index >= 15 is 0 Å². The molecule has 3 amide bonds. The van der Waals surface area contributed by atoms with E-state index in [9.17, 15) is 14.4 Å². The second-order valence-electron chi connectivity index (χ2n) is 12.6. The molecule has 0 aromatic heterocycles. The largest absolute Gasteiger partial charge is 0.490 e. The molecular weight excluding hydrogens is 574 g/mol. The second-order valence-corrected chi connectivity index (χ2v) is 12.6. The van der Waals surface area contributed by atoms with Crippen molar-refractivity contribution in [1.82, 2.24) is 15.1 Å². The molecule has 2 fully saturated rings. The monoisotopic (exact) mass is 617 g/mol. The van der Waals surface area contributed by atoms with Crippen LogP contribution in [0.4, 0.5) is 10.5 Å². The molecule has 2 aromatic rings. The summed E-state index contributed by atoms with van der Waals surface area (Å²) in [5, 5.41) is 6.51. The third-order valence-electron chi connectivity index (χ3n) is 8.16. The number of carbonyl (C=O) groups is 3. The molecule has 240 valence electrons. The van der Waals surface area contributed by atoms with Crippen LogP contribution in [0.1, 0.15) is 55.1 Å². The number of amides is 3. The number of hydrogen-bond donors (Lipinski definition) is 3. The number of nitrogens with one attached hydrogen (secondary N) is 2. The van der Waals surface area contributed by atoms with Crippen LogP contribution >= 0.6 is 0 Å². The summed E-state index contributed by atoms with van der Waals surface area (Å²) in [6, 6.07) is 12.9. The van der Waals surface area contributed by atoms with Crippen molar-refractivity contribution >= 4 is 23.6 Å². The first-order chi connectivity index (χ1) is 21.4. The second kappa shape index (κ2) is 13.3. The minimum atomic E-state index is -0.835. The van der Waals surface area contributed by atoms with Crippen LogP contribution in [0, 0.1) is 6.92 Å². The third kappa shape index (κ3) is 7.66. The molecular formula is C34H43N5O6. The highest BCUT2D eigenvalue weighted by Gasteiger charge is 2.39. The molecule has 2 saturated heterocycles. The van der Waals surface area contributed by atoms with Crippen LogP contribution in [0.25, 0.3) is 0 Å². The van der Waals surface area contributed by atoms with Crippen molar-refractivity contribution in [3.05, 3.63) is 83.1 Å². The number of anilines is 1. The molecule has 0 bridgehead atoms. The van der Waals surface area contributed by atoms with Gasteiger partial charge in [-0.3, -0.25) is 14.5 Å². The number of likely N-dealkylation sites (tertiary alicyclic amines) is 1. The van der Waals surface area contributed by atoms with Gasteiger partial charge < -0.3 is 35.5 Å². The van der Waals surface area contributed by atoms with Gasteiger partial charge in [0.15, 0.2) is 0 Å². The molecule has 4 N–H and O–H groups in total. The van der Waals surface area contributed by atoms with E-state index in [2.05, 4.69) is 15.5 Å². The topological polar surface area (TPSA) is 135 Å². The van der Waals surface area contributed by atoms with Gasteiger partial charge in [0.1, 0.15) is 23.1 Å². The Balaban J connectivity index is 1.25. The summed E-state index contributed by atoms with van der Waals surface area (Å²) in [5.74, 6) is -0.0937. The zero-order valence-electron chi connectivity index (χ0n) is 26.4. The first-order valence-electron chi connectivity index (χ1n) is 15.4. The Morgan fingerprint density at radius 2 is 1.71 bits per heavy atom. The zero-order chi connectivity index (χ0) is 32.2. The van der Waals surface area contributed by atoms with Crippen LogP contribution in [0.5, 0.6) is 5.75 Å². The van der Waals surface area contributed by atoms with E-state index in [0.717, 1.165) is 11.1 Å². The fourth-order valence-corrected chi connectivity index (χ4v) is 5.72. The summed E-state index contributed by atoms with van der Waals surface area (Å²) in [7, 11) is 0. The van der Waals surface area contributed by atoms with Crippen molar-refractivity contribution in [2.75, 3.05) is 44.7 Å². The van der Waals surface area contributed by atoms with Crippen molar-refractivity contribution in [2.45, 2.75) is 57.9 Å². The smallest absolute Gasteiger partial charge is 0.410 e. The fourth-order valence-electron chi connectivity index (χ4n) is 5.72. The number of hydrogen-bond acceptors (Lipinski definition) is 8. The van der Waals surface area contributed by atoms with Gasteiger partial charge in [-0.05, 0) is 87.5 Å². The molecule has 45 heavy (non-hydrogen) atoms. The lowest BCUT2D eigenvalue weighted by Gasteiger charge is -2.46. The molecule has 11 heteroatoms. The van der Waals surface area contributed by atoms with E-state index in [1.54, 1.807) is 41.4 Å². The molecule has 0 saturated carbocycles. The lowest BCUT2D eigenvalue weighted by molar-refractivity contribution is -0.114. The Hall–Kier alpha value is -4.35. The van der Waals surface area contributed by atoms with Gasteiger partial charge in [0.25, 0.3) is 5.91 Å². The fraction of sp³-hybridized carbons (Fsp3) is 0.441. The number of aryl methyl sites for hydroxylation is 1. The SMILES string of the molecule is Cc1ccc(C2(N3CCOCC3)C=C(C(N)=O)C=CN2)cc1NC(=O)c1ccc(OC2CCN(C(=O)OC(C)(C)C)CC2)cc1. The number of morpholine rings is 1. The number of piperidine rings is 1. The number of nitrogens with zero attached hydrogens (tertiary/aromatic N) is 2. The summed E-state index contributed by atoms with van der Waals surface area (Å²) in [4.78, 5) is 41.8. The van der Waals surface area contributed by atoms with Crippen molar-refractivity contribution in [3.8, 4) is 5.75 Å². The number of primary amides is 1. The molecule has 0 spiro atoms. The van der Waals surface area contributed by atoms with Gasteiger partial charge in [-0.1, -0.05) is 12.1 Å². The number of dihydropyridines is 1. The van der Waals surface area contributed by atoms with Crippen LogP contribution < -0.4 is 21.1 Å². The summed E-state index contributed by atoms with van der Waals surface area (Å²) in [6.45, 7) is 11.1. The minimum Gasteiger partial charge on any atom is -0.490 e. The Kier molecular flexibility index (Phi) is 9.50. The van der Waals surface area contributed by atoms with Crippen molar-refractivity contribution < 1.29 is 28.6 Å². The molecule has 3 heterocycles. The van der Waals surface area contributed by atoms with E-state index in [4.69, 9.17) is 19.9 Å². The maximum Gasteiger partial charge on any atom is 0.410 e. The number of nitrogens with two attached hydrogens (primary N) is 1. The average Bonchev–Trinajstić information content (AvgIpc) is 3.02. The Labute approximate surface area is 264 Å². The van der Waals surface area contributed by atoms with Gasteiger partial charge in [-0.2, -0.15) is 0 Å². The van der Waals surface area contributed by atoms with E-state index in [1.165, 1.54) is 0 Å². The highest BCUT2D eigenvalue weighted by molar-refractivity contribution is 6.04. The van der Waals surface area contributed by atoms with Crippen LogP contribution in [0.15, 0.2) is 66.4 Å². The van der Waals surface area contributed by atoms with Crippen LogP contribution in [0.3, 0.4) is 0 Å². The van der Waals surface area contributed by atoms with E-state index in [-0.39, 0.29) is 18.1 Å². The Morgan fingerprint density at radius 1 is 1.02 bits per heavy atom. The molecule has 0 radical (unpaired) electrons. The molecule has 0 aliphatic carbocycles. The van der Waals surface area contributed by atoms with E-state index in [0.29, 0.717) is 74.8 Å². The van der Waals surface area contributed by atoms with Gasteiger partial charge >= 0.3 is 6.09 Å². The normalized spacial score (nSPS) is 21.0. The van der Waals surface area contributed by atoms with Gasteiger partial charge in [0, 0.05) is 55.8 Å². The number of benzene rings is 2. The van der Waals surface area contributed by atoms with Gasteiger partial charge in [-0.15, -0.1) is 0 Å². The first kappa shape index (κ1) is 32.1. The maximum atomic E-state index is 13.3. The predicted molar refractivity (Wildman–Crippen MR) is 171 cm³/mol. The summed E-state index contributed by atoms with van der Waals surface area (Å²) in [6.07, 6.45) is 6.32. The Bertz CT molecular complexity index is 1470. The predicted octanol–water partition coefficient (Wildman–Crippen LogP) is 4.04. The van der Waals surface area contributed by atoms with Crippen molar-refractivity contribution in [1.29, 1.82) is 0 Å². The van der Waals surface area contributed by atoms with Crippen LogP contribution in [-0.4, -0.2) is 78.8 Å². The average molecular weight is 618 g/mol. The number of carbonyl (C=O) groups excluding carboxylic acids is 3. The lowest BCUT2D eigenvalue weighted by Crippen LogP contribution is -2.58. The van der Waals surface area contributed by atoms with Gasteiger partial charge in [0.2, 0.25) is 5.91 Å². The molecule has 3 aliphatic rings. The number of rotatable bonds is 7. The summed E-state index contributed by atoms with van der Waals surface area (Å²) < 4.78 is 17.2. The quantitative estimate of drug-likeness (QED) is 0.424. The number of ether oxygens (including phenoxy) is 3. The molecule has 3 aliphatic heterocycles. The molecule has 1 unspecified atom stereocenters. The van der Waals surface area contributed by atoms with Gasteiger partial charge in [0.05, 0.1) is 13.2 Å². The standard InChI is InChI=1S/C34H43N5O6/c1-23-5-8-26(34(39-17-19-43-20-18-39)22-25(30(35)40)11-14-36-34)21-29(23)37-31(41)24-6-9-27(10-7-24)44-28-12-15-38(16-13-28)32(42)45-33(2,3)4/h5-11,14,21-22,28,36H,12-13,15-20H2,1-4H3,(H2,35,40)(H,37,41). The third-order valence-corrected chi connectivity index (χ3v) is 8.16. The minimum absolute atomic E-state index is 0.0279.